The quantitative estimate of drug-likeness (QED) is 0.827. The van der Waals surface area contributed by atoms with Gasteiger partial charge in [-0.2, -0.15) is 0 Å². The summed E-state index contributed by atoms with van der Waals surface area (Å²) in [6, 6.07) is 9.00. The minimum Gasteiger partial charge on any atom is -0.480 e. The molecule has 0 saturated carbocycles. The van der Waals surface area contributed by atoms with Gasteiger partial charge >= 0.3 is 5.97 Å². The van der Waals surface area contributed by atoms with E-state index >= 15 is 0 Å². The lowest BCUT2D eigenvalue weighted by Crippen LogP contribution is -2.42. The number of benzene rings is 1. The van der Waals surface area contributed by atoms with Crippen molar-refractivity contribution >= 4 is 28.7 Å². The molecule has 0 aromatic heterocycles. The Kier molecular flexibility index (Phi) is 5.01. The van der Waals surface area contributed by atoms with Gasteiger partial charge in [-0.1, -0.05) is 36.3 Å². The predicted octanol–water partition coefficient (Wildman–Crippen LogP) is 1.09. The van der Waals surface area contributed by atoms with Gasteiger partial charge in [-0.15, -0.1) is 18.2 Å². The number of terminal acetylenes is 1. The van der Waals surface area contributed by atoms with E-state index in [9.17, 15) is 9.59 Å². The first-order chi connectivity index (χ1) is 10.1. The molecule has 1 amide bonds. The highest BCUT2D eigenvalue weighted by molar-refractivity contribution is 8.14. The summed E-state index contributed by atoms with van der Waals surface area (Å²) in [5, 5.41) is 9.62. The maximum Gasteiger partial charge on any atom is 0.323 e. The van der Waals surface area contributed by atoms with E-state index < -0.39 is 18.6 Å². The number of hydrogen-bond acceptors (Lipinski definition) is 4. The molecule has 0 saturated heterocycles. The second-order valence-electron chi connectivity index (χ2n) is 4.42. The molecular weight excluding hydrogens is 288 g/mol. The molecule has 1 heterocycles. The summed E-state index contributed by atoms with van der Waals surface area (Å²) in [7, 11) is 0. The van der Waals surface area contributed by atoms with E-state index in [2.05, 4.69) is 10.9 Å². The van der Waals surface area contributed by atoms with E-state index in [1.165, 1.54) is 11.8 Å². The second kappa shape index (κ2) is 6.95. The third-order valence-electron chi connectivity index (χ3n) is 2.88. The number of carboxylic acids is 1. The van der Waals surface area contributed by atoms with Crippen molar-refractivity contribution in [3.63, 3.8) is 0 Å². The topological polar surface area (TPSA) is 70.0 Å². The SMILES string of the molecule is C#CCN(CC(=O)O)C(=O)C1CSC(c2ccccc2)=N1. The van der Waals surface area contributed by atoms with Crippen molar-refractivity contribution in [2.24, 2.45) is 4.99 Å². The summed E-state index contributed by atoms with van der Waals surface area (Å²) >= 11 is 1.49. The number of carbonyl (C=O) groups is 2. The van der Waals surface area contributed by atoms with Crippen LogP contribution in [-0.4, -0.2) is 51.8 Å². The Morgan fingerprint density at radius 2 is 2.14 bits per heavy atom. The number of nitrogens with zero attached hydrogens (tertiary/aromatic N) is 2. The van der Waals surface area contributed by atoms with E-state index in [-0.39, 0.29) is 12.5 Å². The molecule has 0 fully saturated rings. The summed E-state index contributed by atoms with van der Waals surface area (Å²) in [6.45, 7) is -0.428. The average Bonchev–Trinajstić information content (AvgIpc) is 2.96. The number of aliphatic imine (C=N–C) groups is 1. The highest BCUT2D eigenvalue weighted by Gasteiger charge is 2.30. The van der Waals surface area contributed by atoms with Crippen molar-refractivity contribution in [1.29, 1.82) is 0 Å². The molecule has 5 nitrogen and oxygen atoms in total. The number of thioether (sulfide) groups is 1. The van der Waals surface area contributed by atoms with E-state index in [1.54, 1.807) is 0 Å². The van der Waals surface area contributed by atoms with E-state index in [1.807, 2.05) is 30.3 Å². The Bertz CT molecular complexity index is 607. The smallest absolute Gasteiger partial charge is 0.323 e. The molecule has 1 N–H and O–H groups in total. The largest absolute Gasteiger partial charge is 0.480 e. The number of amides is 1. The van der Waals surface area contributed by atoms with E-state index in [0.717, 1.165) is 15.5 Å². The average molecular weight is 302 g/mol. The highest BCUT2D eigenvalue weighted by atomic mass is 32.2. The third kappa shape index (κ3) is 3.86. The van der Waals surface area contributed by atoms with Crippen LogP contribution in [0.5, 0.6) is 0 Å². The summed E-state index contributed by atoms with van der Waals surface area (Å²) in [4.78, 5) is 28.6. The Morgan fingerprint density at radius 1 is 1.43 bits per heavy atom. The van der Waals surface area contributed by atoms with Crippen LogP contribution in [0, 0.1) is 12.3 Å². The second-order valence-corrected chi connectivity index (χ2v) is 5.43. The minimum absolute atomic E-state index is 0.0253. The fourth-order valence-electron chi connectivity index (χ4n) is 1.94. The Balaban J connectivity index is 2.11. The van der Waals surface area contributed by atoms with Crippen LogP contribution in [0.3, 0.4) is 0 Å². The molecule has 2 rings (SSSR count). The molecule has 0 bridgehead atoms. The van der Waals surface area contributed by atoms with Gasteiger partial charge in [-0.25, -0.2) is 0 Å². The van der Waals surface area contributed by atoms with Crippen LogP contribution in [0.25, 0.3) is 0 Å². The standard InChI is InChI=1S/C15H14N2O3S/c1-2-8-17(9-13(18)19)15(20)12-10-21-14(16-12)11-6-4-3-5-7-11/h1,3-7,12H,8-10H2,(H,18,19). The summed E-state index contributed by atoms with van der Waals surface area (Å²) in [5.41, 5.74) is 0.958. The molecule has 1 aromatic carbocycles. The first-order valence-electron chi connectivity index (χ1n) is 6.32. The van der Waals surface area contributed by atoms with E-state index in [0.29, 0.717) is 5.75 Å². The number of aliphatic carboxylic acids is 1. The highest BCUT2D eigenvalue weighted by Crippen LogP contribution is 2.24. The minimum atomic E-state index is -1.09. The Labute approximate surface area is 127 Å². The molecule has 1 aromatic rings. The Morgan fingerprint density at radius 3 is 2.76 bits per heavy atom. The zero-order valence-electron chi connectivity index (χ0n) is 11.2. The van der Waals surface area contributed by atoms with Crippen LogP contribution in [0.1, 0.15) is 5.56 Å². The normalized spacial score (nSPS) is 16.9. The van der Waals surface area contributed by atoms with Crippen LogP contribution in [0.2, 0.25) is 0 Å². The number of carbonyl (C=O) groups excluding carboxylic acids is 1. The van der Waals surface area contributed by atoms with Gasteiger partial charge in [-0.05, 0) is 0 Å². The van der Waals surface area contributed by atoms with Gasteiger partial charge in [0.2, 0.25) is 5.91 Å². The van der Waals surface area contributed by atoms with Crippen molar-refractivity contribution in [3.05, 3.63) is 35.9 Å². The van der Waals surface area contributed by atoms with Crippen molar-refractivity contribution in [2.45, 2.75) is 6.04 Å². The van der Waals surface area contributed by atoms with Crippen molar-refractivity contribution in [2.75, 3.05) is 18.8 Å². The molecule has 21 heavy (non-hydrogen) atoms. The van der Waals surface area contributed by atoms with Crippen molar-refractivity contribution < 1.29 is 14.7 Å². The van der Waals surface area contributed by atoms with E-state index in [4.69, 9.17) is 11.5 Å². The first-order valence-corrected chi connectivity index (χ1v) is 7.30. The molecule has 0 aliphatic carbocycles. The molecular formula is C15H14N2O3S. The fourth-order valence-corrected chi connectivity index (χ4v) is 2.97. The molecule has 1 unspecified atom stereocenters. The van der Waals surface area contributed by atoms with Gasteiger partial charge in [0.15, 0.2) is 0 Å². The number of carboxylic acid groups (broad SMARTS) is 1. The van der Waals surface area contributed by atoms with Crippen LogP contribution < -0.4 is 0 Å². The fraction of sp³-hybridized carbons (Fsp3) is 0.267. The van der Waals surface area contributed by atoms with Crippen LogP contribution in [0.4, 0.5) is 0 Å². The van der Waals surface area contributed by atoms with Crippen LogP contribution in [-0.2, 0) is 9.59 Å². The summed E-state index contributed by atoms with van der Waals surface area (Å²) < 4.78 is 0. The summed E-state index contributed by atoms with van der Waals surface area (Å²) in [6.07, 6.45) is 5.18. The van der Waals surface area contributed by atoms with Gasteiger partial charge in [0.05, 0.1) is 11.6 Å². The molecule has 1 aliphatic heterocycles. The molecule has 1 aliphatic rings. The van der Waals surface area contributed by atoms with Gasteiger partial charge in [0.25, 0.3) is 0 Å². The monoisotopic (exact) mass is 302 g/mol. The number of hydrogen-bond donors (Lipinski definition) is 1. The molecule has 0 radical (unpaired) electrons. The molecule has 6 heteroatoms. The lowest BCUT2D eigenvalue weighted by molar-refractivity contribution is -0.144. The third-order valence-corrected chi connectivity index (χ3v) is 3.97. The Hall–Kier alpha value is -2.26. The maximum absolute atomic E-state index is 12.3. The van der Waals surface area contributed by atoms with Crippen LogP contribution in [0.15, 0.2) is 35.3 Å². The predicted molar refractivity (Wildman–Crippen MR) is 82.3 cm³/mol. The van der Waals surface area contributed by atoms with Crippen molar-refractivity contribution in [1.82, 2.24) is 4.90 Å². The van der Waals surface area contributed by atoms with Crippen molar-refractivity contribution in [3.8, 4) is 12.3 Å². The zero-order chi connectivity index (χ0) is 15.2. The van der Waals surface area contributed by atoms with Gasteiger partial charge < -0.3 is 10.0 Å². The molecule has 108 valence electrons. The lowest BCUT2D eigenvalue weighted by Gasteiger charge is -2.19. The maximum atomic E-state index is 12.3. The van der Waals surface area contributed by atoms with Gasteiger partial charge in [0, 0.05) is 11.3 Å². The molecule has 1 atom stereocenters. The summed E-state index contributed by atoms with van der Waals surface area (Å²) in [5.74, 6) is 1.38. The first kappa shape index (κ1) is 15.1. The van der Waals surface area contributed by atoms with Gasteiger partial charge in [0.1, 0.15) is 12.6 Å². The number of rotatable bonds is 5. The van der Waals surface area contributed by atoms with Gasteiger partial charge in [-0.3, -0.25) is 14.6 Å². The lowest BCUT2D eigenvalue weighted by atomic mass is 10.2. The molecule has 0 spiro atoms. The zero-order valence-corrected chi connectivity index (χ0v) is 12.0. The van der Waals surface area contributed by atoms with Crippen LogP contribution >= 0.6 is 11.8 Å².